The lowest BCUT2D eigenvalue weighted by atomic mass is 10.6. The number of rotatable bonds is 16. The second kappa shape index (κ2) is 13.4. The van der Waals surface area contributed by atoms with Gasteiger partial charge in [-0.25, -0.2) is 0 Å². The smallest absolute Gasteiger partial charge is 0.394 e. The van der Waals surface area contributed by atoms with Crippen molar-refractivity contribution in [3.8, 4) is 0 Å². The van der Waals surface area contributed by atoms with E-state index in [1.807, 2.05) is 34.6 Å². The van der Waals surface area contributed by atoms with Gasteiger partial charge in [-0.1, -0.05) is 20.8 Å². The van der Waals surface area contributed by atoms with E-state index in [2.05, 4.69) is 25.7 Å². The largest absolute Gasteiger partial charge is 0.505 e. The molecule has 0 aliphatic carbocycles. The lowest BCUT2D eigenvalue weighted by molar-refractivity contribution is 0.0593. The second-order valence-corrected chi connectivity index (χ2v) is 12.7. The molecule has 0 fully saturated rings. The molecule has 6 nitrogen and oxygen atoms in total. The lowest BCUT2D eigenvalue weighted by Crippen LogP contribution is -2.65. The van der Waals surface area contributed by atoms with E-state index in [4.69, 9.17) is 22.1 Å². The summed E-state index contributed by atoms with van der Waals surface area (Å²) in [5.41, 5.74) is 0. The molecule has 0 spiro atoms. The van der Waals surface area contributed by atoms with Gasteiger partial charge in [0.05, 0.1) is 5.16 Å². The van der Waals surface area contributed by atoms with Gasteiger partial charge >= 0.3 is 17.4 Å². The zero-order valence-electron chi connectivity index (χ0n) is 17.7. The molecule has 0 radical (unpaired) electrons. The van der Waals surface area contributed by atoms with Crippen LogP contribution in [-0.4, -0.2) is 74.6 Å². The molecule has 0 aromatic heterocycles. The SMILES string of the molecule is CCO[Si](CN(CC)CC)(OCC)C(C)[Si](OCC)(OCC)OCC. The fourth-order valence-electron chi connectivity index (χ4n) is 3.14. The van der Waals surface area contributed by atoms with Crippen LogP contribution in [0.25, 0.3) is 0 Å². The molecule has 0 aliphatic heterocycles. The van der Waals surface area contributed by atoms with E-state index in [9.17, 15) is 0 Å². The minimum absolute atomic E-state index is 0.0136. The van der Waals surface area contributed by atoms with Crippen molar-refractivity contribution < 1.29 is 22.1 Å². The maximum Gasteiger partial charge on any atom is 0.505 e. The average molecular weight is 396 g/mol. The minimum Gasteiger partial charge on any atom is -0.394 e. The first kappa shape index (κ1) is 25.2. The highest BCUT2D eigenvalue weighted by Crippen LogP contribution is 2.36. The van der Waals surface area contributed by atoms with Gasteiger partial charge in [-0.05, 0) is 47.7 Å². The van der Waals surface area contributed by atoms with Crippen molar-refractivity contribution in [1.82, 2.24) is 4.90 Å². The van der Waals surface area contributed by atoms with Crippen LogP contribution < -0.4 is 0 Å². The van der Waals surface area contributed by atoms with Gasteiger partial charge in [-0.3, -0.25) is 0 Å². The zero-order valence-corrected chi connectivity index (χ0v) is 19.7. The van der Waals surface area contributed by atoms with Crippen LogP contribution in [0.5, 0.6) is 0 Å². The van der Waals surface area contributed by atoms with Crippen molar-refractivity contribution in [2.75, 3.05) is 52.3 Å². The zero-order chi connectivity index (χ0) is 19.3. The van der Waals surface area contributed by atoms with Crippen LogP contribution in [0.4, 0.5) is 0 Å². The van der Waals surface area contributed by atoms with Crippen molar-refractivity contribution >= 4 is 17.4 Å². The molecule has 1 atom stereocenters. The fraction of sp³-hybridized carbons (Fsp3) is 1.00. The Morgan fingerprint density at radius 3 is 1.28 bits per heavy atom. The summed E-state index contributed by atoms with van der Waals surface area (Å²) in [6.07, 6.45) is 0.796. The van der Waals surface area contributed by atoms with E-state index in [1.54, 1.807) is 0 Å². The van der Waals surface area contributed by atoms with Crippen LogP contribution in [0.15, 0.2) is 0 Å². The Morgan fingerprint density at radius 2 is 1.00 bits per heavy atom. The van der Waals surface area contributed by atoms with Crippen LogP contribution in [-0.2, 0) is 22.1 Å². The second-order valence-electron chi connectivity index (χ2n) is 5.76. The van der Waals surface area contributed by atoms with Crippen LogP contribution in [0, 0.1) is 0 Å². The molecular weight excluding hydrogens is 354 g/mol. The third kappa shape index (κ3) is 7.02. The summed E-state index contributed by atoms with van der Waals surface area (Å²) in [5, 5.41) is -0.0136. The third-order valence-corrected chi connectivity index (χ3v) is 13.6. The summed E-state index contributed by atoms with van der Waals surface area (Å²) in [6.45, 7) is 21.3. The van der Waals surface area contributed by atoms with Gasteiger partial charge in [0.25, 0.3) is 0 Å². The normalized spacial score (nSPS) is 14.3. The molecule has 0 aromatic rings. The van der Waals surface area contributed by atoms with Crippen molar-refractivity contribution in [2.45, 2.75) is 60.6 Å². The van der Waals surface area contributed by atoms with E-state index in [0.717, 1.165) is 19.3 Å². The summed E-state index contributed by atoms with van der Waals surface area (Å²) in [4.78, 5) is 2.37. The Labute approximate surface area is 157 Å². The third-order valence-electron chi connectivity index (χ3n) is 4.34. The highest BCUT2D eigenvalue weighted by atomic mass is 28.4. The van der Waals surface area contributed by atoms with E-state index in [0.29, 0.717) is 33.0 Å². The highest BCUT2D eigenvalue weighted by Gasteiger charge is 2.61. The predicted octanol–water partition coefficient (Wildman–Crippen LogP) is 3.36. The summed E-state index contributed by atoms with van der Waals surface area (Å²) in [7, 11) is -5.55. The Balaban J connectivity index is 5.95. The van der Waals surface area contributed by atoms with Crippen LogP contribution in [0.3, 0.4) is 0 Å². The molecule has 0 saturated heterocycles. The highest BCUT2D eigenvalue weighted by molar-refractivity contribution is 6.85. The van der Waals surface area contributed by atoms with Gasteiger partial charge in [-0.2, -0.15) is 0 Å². The van der Waals surface area contributed by atoms with E-state index in [1.165, 1.54) is 0 Å². The van der Waals surface area contributed by atoms with E-state index in [-0.39, 0.29) is 5.16 Å². The number of hydrogen-bond acceptors (Lipinski definition) is 6. The van der Waals surface area contributed by atoms with Gasteiger partial charge in [-0.15, -0.1) is 0 Å². The average Bonchev–Trinajstić information content (AvgIpc) is 2.59. The molecular formula is C17H41NO5Si2. The Bertz CT molecular complexity index is 309. The Kier molecular flexibility index (Phi) is 13.5. The predicted molar refractivity (Wildman–Crippen MR) is 107 cm³/mol. The molecule has 0 aliphatic rings. The van der Waals surface area contributed by atoms with Crippen molar-refractivity contribution in [3.63, 3.8) is 0 Å². The van der Waals surface area contributed by atoms with Gasteiger partial charge in [0.15, 0.2) is 0 Å². The Morgan fingerprint density at radius 1 is 0.640 bits per heavy atom. The number of hydrogen-bond donors (Lipinski definition) is 0. The molecule has 152 valence electrons. The first-order valence-electron chi connectivity index (χ1n) is 9.87. The van der Waals surface area contributed by atoms with Crippen LogP contribution >= 0.6 is 0 Å². The lowest BCUT2D eigenvalue weighted by Gasteiger charge is -2.44. The molecule has 0 amide bonds. The summed E-state index contributed by atoms with van der Waals surface area (Å²) >= 11 is 0. The van der Waals surface area contributed by atoms with E-state index >= 15 is 0 Å². The van der Waals surface area contributed by atoms with Gasteiger partial charge < -0.3 is 27.0 Å². The quantitative estimate of drug-likeness (QED) is 0.374. The monoisotopic (exact) mass is 395 g/mol. The maximum atomic E-state index is 6.38. The van der Waals surface area contributed by atoms with Gasteiger partial charge in [0, 0.05) is 39.2 Å². The van der Waals surface area contributed by atoms with Gasteiger partial charge in [0.2, 0.25) is 0 Å². The molecule has 25 heavy (non-hydrogen) atoms. The topological polar surface area (TPSA) is 49.4 Å². The molecule has 0 rings (SSSR count). The maximum absolute atomic E-state index is 6.38. The first-order valence-corrected chi connectivity index (χ1v) is 13.8. The molecule has 0 saturated carbocycles. The molecule has 0 heterocycles. The summed E-state index contributed by atoms with van der Waals surface area (Å²) in [6, 6.07) is 0. The van der Waals surface area contributed by atoms with Crippen molar-refractivity contribution in [2.24, 2.45) is 0 Å². The number of nitrogens with zero attached hydrogens (tertiary/aromatic N) is 1. The molecule has 0 aromatic carbocycles. The summed E-state index contributed by atoms with van der Waals surface area (Å²) < 4.78 is 31.3. The summed E-state index contributed by atoms with van der Waals surface area (Å²) in [5.74, 6) is 0. The van der Waals surface area contributed by atoms with Crippen molar-refractivity contribution in [3.05, 3.63) is 0 Å². The standard InChI is InChI=1S/C17H41NO5Si2/c1-9-18(10-2)16-24(19-11-3,20-12-4)17(8)25(21-13-5,22-14-6)23-15-7/h17H,9-16H2,1-8H3. The fourth-order valence-corrected chi connectivity index (χ4v) is 12.1. The van der Waals surface area contributed by atoms with Crippen LogP contribution in [0.1, 0.15) is 55.4 Å². The Hall–Kier alpha value is 0.194. The molecule has 8 heteroatoms. The molecule has 0 N–H and O–H groups in total. The van der Waals surface area contributed by atoms with Crippen LogP contribution in [0.2, 0.25) is 5.16 Å². The molecule has 1 unspecified atom stereocenters. The minimum atomic E-state index is -2.92. The van der Waals surface area contributed by atoms with Crippen molar-refractivity contribution in [1.29, 1.82) is 0 Å². The van der Waals surface area contributed by atoms with Gasteiger partial charge in [0.1, 0.15) is 0 Å². The first-order chi connectivity index (χ1) is 12.0. The molecule has 0 bridgehead atoms. The van der Waals surface area contributed by atoms with E-state index < -0.39 is 17.4 Å².